The summed E-state index contributed by atoms with van der Waals surface area (Å²) < 4.78 is 12.4. The second-order valence-corrected chi connectivity index (χ2v) is 9.44. The lowest BCUT2D eigenvalue weighted by Gasteiger charge is -2.32. The van der Waals surface area contributed by atoms with E-state index in [9.17, 15) is 0 Å². The van der Waals surface area contributed by atoms with Gasteiger partial charge >= 0.3 is 7.12 Å². The predicted octanol–water partition coefficient (Wildman–Crippen LogP) is 2.85. The van der Waals surface area contributed by atoms with Gasteiger partial charge < -0.3 is 14.2 Å². The lowest BCUT2D eigenvalue weighted by atomic mass is 9.79. The Morgan fingerprint density at radius 3 is 2.38 bits per heavy atom. The maximum atomic E-state index is 6.22. The second kappa shape index (κ2) is 7.84. The largest absolute Gasteiger partial charge is 0.494 e. The third kappa shape index (κ3) is 4.31. The van der Waals surface area contributed by atoms with Gasteiger partial charge in [0.1, 0.15) is 0 Å². The fourth-order valence-electron chi connectivity index (χ4n) is 3.52. The summed E-state index contributed by atoms with van der Waals surface area (Å²) in [4.78, 5) is 6.33. The van der Waals surface area contributed by atoms with E-state index in [0.29, 0.717) is 0 Å². The summed E-state index contributed by atoms with van der Waals surface area (Å²) in [6.07, 6.45) is 3.40. The van der Waals surface area contributed by atoms with Crippen LogP contribution in [-0.2, 0) is 15.9 Å². The summed E-state index contributed by atoms with van der Waals surface area (Å²) in [5.74, 6) is 0. The van der Waals surface area contributed by atoms with Crippen molar-refractivity contribution < 1.29 is 9.31 Å². The summed E-state index contributed by atoms with van der Waals surface area (Å²) in [5, 5.41) is 0. The van der Waals surface area contributed by atoms with Gasteiger partial charge in [0.15, 0.2) is 0 Å². The molecule has 2 aliphatic heterocycles. The molecule has 0 atom stereocenters. The van der Waals surface area contributed by atoms with Gasteiger partial charge in [0.05, 0.1) is 11.2 Å². The maximum absolute atomic E-state index is 6.22. The van der Waals surface area contributed by atoms with Gasteiger partial charge in [0, 0.05) is 24.5 Å². The Labute approximate surface area is 163 Å². The number of likely N-dealkylation sites (N-methyl/N-ethyl adjacent to an activating group) is 1. The molecule has 0 aliphatic carbocycles. The SMILES string of the molecule is CSc1cc(B2OC(C)(C)C(C)(C)O2)ccc1CN1CCCN(C)CC1. The molecule has 2 saturated heterocycles. The van der Waals surface area contributed by atoms with Gasteiger partial charge in [-0.2, -0.15) is 0 Å². The molecule has 0 N–H and O–H groups in total. The van der Waals surface area contributed by atoms with Crippen LogP contribution < -0.4 is 5.46 Å². The molecule has 0 unspecified atom stereocenters. The van der Waals surface area contributed by atoms with E-state index in [2.05, 4.69) is 69.0 Å². The lowest BCUT2D eigenvalue weighted by molar-refractivity contribution is 0.00578. The van der Waals surface area contributed by atoms with Crippen molar-refractivity contribution in [1.29, 1.82) is 0 Å². The van der Waals surface area contributed by atoms with E-state index in [1.165, 1.54) is 30.0 Å². The van der Waals surface area contributed by atoms with Crippen molar-refractivity contribution in [2.75, 3.05) is 39.5 Å². The van der Waals surface area contributed by atoms with Crippen molar-refractivity contribution in [1.82, 2.24) is 9.80 Å². The molecule has 2 heterocycles. The molecule has 6 heteroatoms. The first-order valence-electron chi connectivity index (χ1n) is 9.65. The van der Waals surface area contributed by atoms with Crippen molar-refractivity contribution in [2.45, 2.75) is 56.8 Å². The maximum Gasteiger partial charge on any atom is 0.494 e. The summed E-state index contributed by atoms with van der Waals surface area (Å²) in [6, 6.07) is 6.70. The molecular weight excluding hydrogens is 343 g/mol. The highest BCUT2D eigenvalue weighted by Gasteiger charge is 2.51. The van der Waals surface area contributed by atoms with Gasteiger partial charge in [-0.25, -0.2) is 0 Å². The molecule has 1 aromatic carbocycles. The average molecular weight is 376 g/mol. The monoisotopic (exact) mass is 376 g/mol. The minimum Gasteiger partial charge on any atom is -0.399 e. The van der Waals surface area contributed by atoms with Crippen LogP contribution in [0, 0.1) is 0 Å². The zero-order valence-electron chi connectivity index (χ0n) is 17.2. The predicted molar refractivity (Wildman–Crippen MR) is 111 cm³/mol. The van der Waals surface area contributed by atoms with E-state index in [1.807, 2.05) is 11.8 Å². The molecule has 1 aromatic rings. The first-order chi connectivity index (χ1) is 12.2. The van der Waals surface area contributed by atoms with E-state index in [0.717, 1.165) is 25.1 Å². The second-order valence-electron chi connectivity index (χ2n) is 8.59. The molecule has 144 valence electrons. The standard InChI is InChI=1S/C20H33BN2O2S/c1-19(2)20(3,4)25-21(24-19)17-9-8-16(18(14-17)26-6)15-23-11-7-10-22(5)12-13-23/h8-9,14H,7,10-13,15H2,1-6H3. The van der Waals surface area contributed by atoms with Crippen molar-refractivity contribution in [3.05, 3.63) is 23.8 Å². The van der Waals surface area contributed by atoms with Gasteiger partial charge in [-0.05, 0) is 77.6 Å². The molecule has 26 heavy (non-hydrogen) atoms. The smallest absolute Gasteiger partial charge is 0.399 e. The first kappa shape index (κ1) is 20.2. The minimum absolute atomic E-state index is 0.285. The van der Waals surface area contributed by atoms with Gasteiger partial charge in [0.2, 0.25) is 0 Å². The van der Waals surface area contributed by atoms with Crippen LogP contribution in [0.5, 0.6) is 0 Å². The van der Waals surface area contributed by atoms with Crippen LogP contribution in [-0.4, -0.2) is 67.6 Å². The van der Waals surface area contributed by atoms with Crippen molar-refractivity contribution in [3.63, 3.8) is 0 Å². The quantitative estimate of drug-likeness (QED) is 0.595. The summed E-state index contributed by atoms with van der Waals surface area (Å²) in [6.45, 7) is 14.1. The van der Waals surface area contributed by atoms with Crippen LogP contribution in [0.1, 0.15) is 39.7 Å². The number of benzene rings is 1. The molecule has 0 saturated carbocycles. The number of rotatable bonds is 4. The van der Waals surface area contributed by atoms with Gasteiger partial charge in [0.25, 0.3) is 0 Å². The highest BCUT2D eigenvalue weighted by molar-refractivity contribution is 7.98. The number of hydrogen-bond acceptors (Lipinski definition) is 5. The molecule has 0 aromatic heterocycles. The van der Waals surface area contributed by atoms with Crippen LogP contribution in [0.2, 0.25) is 0 Å². The topological polar surface area (TPSA) is 24.9 Å². The third-order valence-electron chi connectivity index (χ3n) is 6.04. The van der Waals surface area contributed by atoms with Gasteiger partial charge in [-0.1, -0.05) is 12.1 Å². The van der Waals surface area contributed by atoms with Gasteiger partial charge in [-0.3, -0.25) is 4.90 Å². The Morgan fingerprint density at radius 2 is 1.73 bits per heavy atom. The number of hydrogen-bond donors (Lipinski definition) is 0. The molecule has 0 bridgehead atoms. The fraction of sp³-hybridized carbons (Fsp3) is 0.700. The van der Waals surface area contributed by atoms with Crippen LogP contribution in [0.25, 0.3) is 0 Å². The first-order valence-corrected chi connectivity index (χ1v) is 10.9. The van der Waals surface area contributed by atoms with Crippen LogP contribution in [0.4, 0.5) is 0 Å². The number of nitrogens with zero attached hydrogens (tertiary/aromatic N) is 2. The Bertz CT molecular complexity index is 622. The molecule has 0 amide bonds. The summed E-state index contributed by atoms with van der Waals surface area (Å²) in [5.41, 5.74) is 1.93. The molecule has 4 nitrogen and oxygen atoms in total. The summed E-state index contributed by atoms with van der Waals surface area (Å²) in [7, 11) is 1.93. The Balaban J connectivity index is 1.74. The zero-order chi connectivity index (χ0) is 18.9. The van der Waals surface area contributed by atoms with E-state index in [4.69, 9.17) is 9.31 Å². The highest BCUT2D eigenvalue weighted by atomic mass is 32.2. The Kier molecular flexibility index (Phi) is 6.10. The van der Waals surface area contributed by atoms with E-state index >= 15 is 0 Å². The van der Waals surface area contributed by atoms with Crippen LogP contribution >= 0.6 is 11.8 Å². The zero-order valence-corrected chi connectivity index (χ0v) is 18.0. The normalized spacial score (nSPS) is 24.0. The van der Waals surface area contributed by atoms with E-state index in [-0.39, 0.29) is 18.3 Å². The fourth-order valence-corrected chi connectivity index (χ4v) is 4.17. The number of thioether (sulfide) groups is 1. The average Bonchev–Trinajstić information content (AvgIpc) is 2.71. The van der Waals surface area contributed by atoms with Crippen LogP contribution in [0.15, 0.2) is 23.1 Å². The molecule has 0 spiro atoms. The van der Waals surface area contributed by atoms with Crippen molar-refractivity contribution in [3.8, 4) is 0 Å². The van der Waals surface area contributed by atoms with Gasteiger partial charge in [-0.15, -0.1) is 11.8 Å². The van der Waals surface area contributed by atoms with Crippen molar-refractivity contribution >= 4 is 24.3 Å². The molecule has 0 radical (unpaired) electrons. The molecular formula is C20H33BN2O2S. The Morgan fingerprint density at radius 1 is 1.04 bits per heavy atom. The highest BCUT2D eigenvalue weighted by Crippen LogP contribution is 2.36. The van der Waals surface area contributed by atoms with Crippen LogP contribution in [0.3, 0.4) is 0 Å². The Hall–Kier alpha value is -0.525. The lowest BCUT2D eigenvalue weighted by Crippen LogP contribution is -2.41. The molecule has 2 aliphatic rings. The molecule has 2 fully saturated rings. The summed E-state index contributed by atoms with van der Waals surface area (Å²) >= 11 is 1.81. The third-order valence-corrected chi connectivity index (χ3v) is 6.86. The minimum atomic E-state index is -0.298. The van der Waals surface area contributed by atoms with Crippen molar-refractivity contribution in [2.24, 2.45) is 0 Å². The van der Waals surface area contributed by atoms with E-state index < -0.39 is 0 Å². The van der Waals surface area contributed by atoms with E-state index in [1.54, 1.807) is 0 Å². The molecule has 3 rings (SSSR count).